The van der Waals surface area contributed by atoms with E-state index in [0.717, 1.165) is 0 Å². The van der Waals surface area contributed by atoms with Crippen molar-refractivity contribution in [1.29, 1.82) is 5.26 Å². The third kappa shape index (κ3) is 4.94. The van der Waals surface area contributed by atoms with Gasteiger partial charge in [0.1, 0.15) is 23.6 Å². The van der Waals surface area contributed by atoms with Gasteiger partial charge in [-0.1, -0.05) is 0 Å². The van der Waals surface area contributed by atoms with Crippen LogP contribution >= 0.6 is 0 Å². The minimum absolute atomic E-state index is 0.0357. The number of cyclic esters (lactones) is 1. The Hall–Kier alpha value is -3.61. The lowest BCUT2D eigenvalue weighted by Gasteiger charge is -2.20. The van der Waals surface area contributed by atoms with Gasteiger partial charge in [-0.25, -0.2) is 14.0 Å². The van der Waals surface area contributed by atoms with Gasteiger partial charge in [0.15, 0.2) is 0 Å². The molecule has 0 radical (unpaired) electrons. The molecule has 31 heavy (non-hydrogen) atoms. The smallest absolute Gasteiger partial charge is 0.414 e. The molecule has 0 unspecified atom stereocenters. The number of carbonyl (C=O) groups is 3. The molecule has 2 amide bonds. The van der Waals surface area contributed by atoms with E-state index in [4.69, 9.17) is 9.47 Å². The highest BCUT2D eigenvalue weighted by atomic mass is 19.1. The van der Waals surface area contributed by atoms with Crippen LogP contribution in [0.4, 0.5) is 20.6 Å². The second-order valence-corrected chi connectivity index (χ2v) is 7.17. The first-order valence-electron chi connectivity index (χ1n) is 9.90. The average Bonchev–Trinajstić information content (AvgIpc) is 3.34. The standard InChI is InChI=1S/C21H23FN4O5/c1-3-30-20(28)17(9-23)14-6-7-25(11-14)19-5-4-15(8-18(19)22)26-12-16(31-21(26)29)10-24-13(2)27/h4-5,8,16H,3,6-7,10-12H2,1-2H3,(H,24,27)/t16-/m0/s1. The topological polar surface area (TPSA) is 112 Å². The molecule has 1 N–H and O–H groups in total. The lowest BCUT2D eigenvalue weighted by molar-refractivity contribution is -0.138. The van der Waals surface area contributed by atoms with E-state index < -0.39 is 24.0 Å². The van der Waals surface area contributed by atoms with Gasteiger partial charge >= 0.3 is 12.1 Å². The Labute approximate surface area is 179 Å². The summed E-state index contributed by atoms with van der Waals surface area (Å²) in [6, 6.07) is 6.30. The number of nitrogens with zero attached hydrogens (tertiary/aromatic N) is 3. The summed E-state index contributed by atoms with van der Waals surface area (Å²) in [6.45, 7) is 4.26. The molecule has 3 rings (SSSR count). The van der Waals surface area contributed by atoms with Gasteiger partial charge in [0.05, 0.1) is 31.1 Å². The van der Waals surface area contributed by atoms with Crippen molar-refractivity contribution in [2.45, 2.75) is 26.4 Å². The molecule has 0 aromatic heterocycles. The van der Waals surface area contributed by atoms with E-state index in [1.54, 1.807) is 24.0 Å². The highest BCUT2D eigenvalue weighted by molar-refractivity contribution is 5.94. The Morgan fingerprint density at radius 3 is 2.84 bits per heavy atom. The SMILES string of the molecule is CCOC(=O)C(C#N)=C1CCN(c2ccc(N3C[C@H](CNC(C)=O)OC3=O)cc2F)C1. The minimum atomic E-state index is -0.668. The fourth-order valence-electron chi connectivity index (χ4n) is 3.56. The molecule has 1 aromatic rings. The summed E-state index contributed by atoms with van der Waals surface area (Å²) in [7, 11) is 0. The maximum absolute atomic E-state index is 14.9. The van der Waals surface area contributed by atoms with Gasteiger partial charge in [0.2, 0.25) is 5.91 Å². The maximum Gasteiger partial charge on any atom is 0.414 e. The second kappa shape index (κ2) is 9.47. The van der Waals surface area contributed by atoms with Crippen molar-refractivity contribution in [1.82, 2.24) is 5.32 Å². The molecule has 0 aliphatic carbocycles. The van der Waals surface area contributed by atoms with E-state index in [9.17, 15) is 24.0 Å². The molecule has 0 bridgehead atoms. The van der Waals surface area contributed by atoms with Crippen LogP contribution in [0.25, 0.3) is 0 Å². The summed E-state index contributed by atoms with van der Waals surface area (Å²) >= 11 is 0. The summed E-state index contributed by atoms with van der Waals surface area (Å²) in [5.41, 5.74) is 1.22. The van der Waals surface area contributed by atoms with E-state index in [2.05, 4.69) is 5.32 Å². The highest BCUT2D eigenvalue weighted by Gasteiger charge is 2.33. The van der Waals surface area contributed by atoms with Crippen molar-refractivity contribution in [3.63, 3.8) is 0 Å². The van der Waals surface area contributed by atoms with Crippen LogP contribution in [0, 0.1) is 17.1 Å². The number of amides is 2. The summed E-state index contributed by atoms with van der Waals surface area (Å²) in [6.07, 6.45) is -0.675. The molecule has 0 saturated carbocycles. The fourth-order valence-corrected chi connectivity index (χ4v) is 3.56. The first kappa shape index (κ1) is 22.1. The van der Waals surface area contributed by atoms with Crippen LogP contribution in [0.2, 0.25) is 0 Å². The van der Waals surface area contributed by atoms with Crippen molar-refractivity contribution < 1.29 is 28.2 Å². The van der Waals surface area contributed by atoms with Crippen LogP contribution in [0.3, 0.4) is 0 Å². The van der Waals surface area contributed by atoms with E-state index in [0.29, 0.717) is 29.9 Å². The molecule has 1 aromatic carbocycles. The molecule has 164 valence electrons. The lowest BCUT2D eigenvalue weighted by atomic mass is 10.1. The summed E-state index contributed by atoms with van der Waals surface area (Å²) in [5, 5.41) is 11.9. The highest BCUT2D eigenvalue weighted by Crippen LogP contribution is 2.31. The molecular weight excluding hydrogens is 407 g/mol. The van der Waals surface area contributed by atoms with Gasteiger partial charge in [0.25, 0.3) is 0 Å². The molecule has 1 atom stereocenters. The van der Waals surface area contributed by atoms with Crippen molar-refractivity contribution >= 4 is 29.3 Å². The molecule has 10 heteroatoms. The number of esters is 1. The third-order valence-corrected chi connectivity index (χ3v) is 5.05. The summed E-state index contributed by atoms with van der Waals surface area (Å²) in [5.74, 6) is -1.43. The molecule has 2 saturated heterocycles. The Kier molecular flexibility index (Phi) is 6.74. The molecule has 2 aliphatic heterocycles. The number of nitrogens with one attached hydrogen (secondary N) is 1. The van der Waals surface area contributed by atoms with Crippen molar-refractivity contribution in [3.05, 3.63) is 35.2 Å². The zero-order valence-electron chi connectivity index (χ0n) is 17.3. The number of ether oxygens (including phenoxy) is 2. The fraction of sp³-hybridized carbons (Fsp3) is 0.429. The third-order valence-electron chi connectivity index (χ3n) is 5.05. The predicted molar refractivity (Wildman–Crippen MR) is 109 cm³/mol. The Morgan fingerprint density at radius 2 is 2.19 bits per heavy atom. The van der Waals surface area contributed by atoms with E-state index in [1.807, 2.05) is 6.07 Å². The van der Waals surface area contributed by atoms with Gasteiger partial charge in [-0.3, -0.25) is 9.69 Å². The first-order chi connectivity index (χ1) is 14.8. The largest absolute Gasteiger partial charge is 0.462 e. The second-order valence-electron chi connectivity index (χ2n) is 7.17. The number of rotatable bonds is 6. The van der Waals surface area contributed by atoms with Gasteiger partial charge in [-0.2, -0.15) is 5.26 Å². The maximum atomic E-state index is 14.9. The summed E-state index contributed by atoms with van der Waals surface area (Å²) in [4.78, 5) is 38.1. The Morgan fingerprint density at radius 1 is 1.42 bits per heavy atom. The molecular formula is C21H23FN4O5. The quantitative estimate of drug-likeness (QED) is 0.417. The first-order valence-corrected chi connectivity index (χ1v) is 9.90. The number of hydrogen-bond acceptors (Lipinski definition) is 7. The number of nitriles is 1. The summed E-state index contributed by atoms with van der Waals surface area (Å²) < 4.78 is 25.0. The lowest BCUT2D eigenvalue weighted by Crippen LogP contribution is -2.33. The number of halogens is 1. The molecule has 0 spiro atoms. The van der Waals surface area contributed by atoms with E-state index in [-0.39, 0.29) is 37.7 Å². The van der Waals surface area contributed by atoms with Crippen LogP contribution < -0.4 is 15.1 Å². The molecule has 9 nitrogen and oxygen atoms in total. The van der Waals surface area contributed by atoms with Gasteiger partial charge in [0, 0.05) is 20.0 Å². The number of benzene rings is 1. The Balaban J connectivity index is 1.72. The molecule has 2 aliphatic rings. The van der Waals surface area contributed by atoms with E-state index in [1.165, 1.54) is 17.9 Å². The van der Waals surface area contributed by atoms with Crippen molar-refractivity contribution in [3.8, 4) is 6.07 Å². The molecule has 2 fully saturated rings. The average molecular weight is 430 g/mol. The van der Waals surface area contributed by atoms with Crippen molar-refractivity contribution in [2.75, 3.05) is 42.6 Å². The van der Waals surface area contributed by atoms with Crippen LogP contribution in [0.1, 0.15) is 20.3 Å². The van der Waals surface area contributed by atoms with Crippen LogP contribution in [-0.2, 0) is 19.1 Å². The zero-order chi connectivity index (χ0) is 22.5. The predicted octanol–water partition coefficient (Wildman–Crippen LogP) is 1.88. The van der Waals surface area contributed by atoms with Gasteiger partial charge in [-0.05, 0) is 37.1 Å². The van der Waals surface area contributed by atoms with Gasteiger partial charge < -0.3 is 19.7 Å². The van der Waals surface area contributed by atoms with Gasteiger partial charge in [-0.15, -0.1) is 0 Å². The Bertz CT molecular complexity index is 971. The normalized spacial score (nSPS) is 19.7. The monoisotopic (exact) mass is 430 g/mol. The zero-order valence-corrected chi connectivity index (χ0v) is 17.3. The number of hydrogen-bond donors (Lipinski definition) is 1. The molecule has 2 heterocycles. The van der Waals surface area contributed by atoms with Crippen LogP contribution in [-0.4, -0.2) is 56.9 Å². The minimum Gasteiger partial charge on any atom is -0.462 e. The number of carbonyl (C=O) groups excluding carboxylic acids is 3. The van der Waals surface area contributed by atoms with E-state index >= 15 is 0 Å². The van der Waals surface area contributed by atoms with Crippen LogP contribution in [0.15, 0.2) is 29.3 Å². The van der Waals surface area contributed by atoms with Crippen molar-refractivity contribution in [2.24, 2.45) is 0 Å². The number of anilines is 2. The van der Waals surface area contributed by atoms with Crippen LogP contribution in [0.5, 0.6) is 0 Å².